The van der Waals surface area contributed by atoms with Crippen LogP contribution in [0.5, 0.6) is 5.75 Å². The molecule has 0 saturated carbocycles. The average Bonchev–Trinajstić information content (AvgIpc) is 3.91. The lowest BCUT2D eigenvalue weighted by atomic mass is 10.0. The molecule has 5 aliphatic rings. The molecule has 3 N–H and O–H groups in total. The molecule has 3 fully saturated rings. The van der Waals surface area contributed by atoms with Crippen molar-refractivity contribution in [3.8, 4) is 5.75 Å². The van der Waals surface area contributed by atoms with Gasteiger partial charge in [-0.3, -0.25) is 14.5 Å². The molecule has 16 heteroatoms. The number of piperazine rings is 1. The molecule has 2 aromatic heterocycles. The number of nitrogens with zero attached hydrogens (tertiary/aromatic N) is 8. The highest BCUT2D eigenvalue weighted by Crippen LogP contribution is 2.40. The second-order valence-electron chi connectivity index (χ2n) is 15.1. The zero-order valence-electron chi connectivity index (χ0n) is 31.2. The fraction of sp³-hybridized carbons (Fsp3) is 0.487. The van der Waals surface area contributed by atoms with Gasteiger partial charge in [0.15, 0.2) is 17.1 Å². The first-order chi connectivity index (χ1) is 26.7. The van der Waals surface area contributed by atoms with Crippen molar-refractivity contribution < 1.29 is 28.4 Å². The van der Waals surface area contributed by atoms with Gasteiger partial charge in [-0.1, -0.05) is 11.2 Å². The number of esters is 1. The van der Waals surface area contributed by atoms with Gasteiger partial charge in [0.2, 0.25) is 0 Å². The molecule has 288 valence electrons. The van der Waals surface area contributed by atoms with Gasteiger partial charge in [-0.25, -0.2) is 14.8 Å². The summed E-state index contributed by atoms with van der Waals surface area (Å²) in [6.45, 7) is 8.18. The van der Waals surface area contributed by atoms with E-state index in [1.165, 1.54) is 11.1 Å². The van der Waals surface area contributed by atoms with E-state index in [-0.39, 0.29) is 42.0 Å². The number of benzene rings is 2. The van der Waals surface area contributed by atoms with Crippen LogP contribution >= 0.6 is 0 Å². The summed E-state index contributed by atoms with van der Waals surface area (Å²) in [7, 11) is 1.83. The van der Waals surface area contributed by atoms with Crippen molar-refractivity contribution in [2.24, 2.45) is 5.73 Å². The van der Waals surface area contributed by atoms with Crippen molar-refractivity contribution in [3.63, 3.8) is 0 Å². The van der Waals surface area contributed by atoms with E-state index in [0.717, 1.165) is 87.4 Å². The second-order valence-corrected chi connectivity index (χ2v) is 15.1. The Bertz CT molecular complexity index is 2160. The average molecular weight is 751 g/mol. The van der Waals surface area contributed by atoms with Gasteiger partial charge in [0.05, 0.1) is 37.0 Å². The Labute approximate surface area is 318 Å². The summed E-state index contributed by atoms with van der Waals surface area (Å²) >= 11 is 0. The summed E-state index contributed by atoms with van der Waals surface area (Å²) < 4.78 is 17.3. The van der Waals surface area contributed by atoms with Gasteiger partial charge in [0, 0.05) is 81.6 Å². The highest BCUT2D eigenvalue weighted by atomic mass is 16.5. The highest BCUT2D eigenvalue weighted by Gasteiger charge is 2.39. The highest BCUT2D eigenvalue weighted by molar-refractivity contribution is 5.96. The molecular weight excluding hydrogens is 704 g/mol. The van der Waals surface area contributed by atoms with E-state index in [9.17, 15) is 14.4 Å². The normalized spacial score (nSPS) is 22.4. The molecule has 3 amide bonds. The number of carbonyl (C=O) groups is 3. The summed E-state index contributed by atoms with van der Waals surface area (Å²) in [6, 6.07) is 10.8. The van der Waals surface area contributed by atoms with E-state index in [0.29, 0.717) is 43.0 Å². The summed E-state index contributed by atoms with van der Waals surface area (Å²) in [4.78, 5) is 57.4. The Balaban J connectivity index is 0.865. The molecule has 2 aromatic carbocycles. The van der Waals surface area contributed by atoms with Crippen molar-refractivity contribution in [2.45, 2.75) is 57.2 Å². The quantitative estimate of drug-likeness (QED) is 0.239. The molecule has 3 saturated heterocycles. The minimum Gasteiger partial charge on any atom is -0.489 e. The minimum atomic E-state index is -0.673. The molecule has 0 radical (unpaired) electrons. The standard InChI is InChI=1S/C39H46N10O6/c1-3-53-34(50)18-30-28-8-6-23-15-26(17-29(23)36(28)55-44-30)46-12-14-48-27(21-46)22-54-32-16-24(7-9-31(32)48)42-38-35(37(40)51)41-19-33(43-38)47-10-4-5-25(20-47)49-13-11-45(2)39(49)52/h6-9,16,19,25-27H,3-5,10-15,17-18,20-22H2,1-2H3,(H2,40,51)(H,42,43)/t25-,26?,27-/m1/s1. The Morgan fingerprint density at radius 3 is 2.71 bits per heavy atom. The Morgan fingerprint density at radius 2 is 1.89 bits per heavy atom. The van der Waals surface area contributed by atoms with E-state index in [4.69, 9.17) is 24.7 Å². The maximum absolute atomic E-state index is 12.7. The summed E-state index contributed by atoms with van der Waals surface area (Å²) in [6.07, 6.45) is 5.34. The largest absolute Gasteiger partial charge is 0.489 e. The number of fused-ring (bicyclic) bond motifs is 6. The van der Waals surface area contributed by atoms with E-state index >= 15 is 0 Å². The number of amides is 3. The zero-order chi connectivity index (χ0) is 37.8. The first-order valence-electron chi connectivity index (χ1n) is 19.3. The lowest BCUT2D eigenvalue weighted by molar-refractivity contribution is -0.142. The van der Waals surface area contributed by atoms with Crippen LogP contribution in [0.1, 0.15) is 47.1 Å². The Morgan fingerprint density at radius 1 is 1.02 bits per heavy atom. The lowest BCUT2D eigenvalue weighted by Crippen LogP contribution is -2.59. The van der Waals surface area contributed by atoms with Crippen molar-refractivity contribution in [3.05, 3.63) is 59.0 Å². The van der Waals surface area contributed by atoms with Crippen molar-refractivity contribution in [1.82, 2.24) is 29.8 Å². The van der Waals surface area contributed by atoms with E-state index in [1.54, 1.807) is 18.0 Å². The van der Waals surface area contributed by atoms with Crippen LogP contribution in [0.4, 0.5) is 27.8 Å². The van der Waals surface area contributed by atoms with Crippen LogP contribution < -0.4 is 25.6 Å². The molecule has 0 bridgehead atoms. The molecular formula is C39H46N10O6. The van der Waals surface area contributed by atoms with Gasteiger partial charge < -0.3 is 44.6 Å². The number of nitrogens with one attached hydrogen (secondary N) is 1. The third-order valence-corrected chi connectivity index (χ3v) is 11.8. The van der Waals surface area contributed by atoms with Gasteiger partial charge in [0.25, 0.3) is 5.91 Å². The first-order valence-corrected chi connectivity index (χ1v) is 19.3. The maximum atomic E-state index is 12.7. The van der Waals surface area contributed by atoms with Gasteiger partial charge in [-0.2, -0.15) is 0 Å². The number of carbonyl (C=O) groups excluding carboxylic acids is 3. The smallest absolute Gasteiger partial charge is 0.320 e. The lowest BCUT2D eigenvalue weighted by Gasteiger charge is -2.47. The number of primary amides is 1. The number of rotatable bonds is 9. The van der Waals surface area contributed by atoms with Crippen LogP contribution in [0, 0.1) is 0 Å². The molecule has 6 heterocycles. The molecule has 1 aliphatic carbocycles. The van der Waals surface area contributed by atoms with E-state index in [2.05, 4.69) is 42.3 Å². The fourth-order valence-corrected chi connectivity index (χ4v) is 9.02. The topological polar surface area (TPSA) is 176 Å². The van der Waals surface area contributed by atoms with Crippen molar-refractivity contribution in [2.75, 3.05) is 81.2 Å². The number of ether oxygens (including phenoxy) is 2. The molecule has 16 nitrogen and oxygen atoms in total. The van der Waals surface area contributed by atoms with Gasteiger partial charge in [-0.05, 0) is 56.4 Å². The second kappa shape index (κ2) is 14.2. The molecule has 4 aromatic rings. The zero-order valence-corrected chi connectivity index (χ0v) is 31.2. The number of urea groups is 1. The fourth-order valence-electron chi connectivity index (χ4n) is 9.02. The molecule has 1 unspecified atom stereocenters. The monoisotopic (exact) mass is 750 g/mol. The number of nitrogens with two attached hydrogens (primary N) is 1. The molecule has 9 rings (SSSR count). The van der Waals surface area contributed by atoms with Crippen molar-refractivity contribution in [1.29, 1.82) is 0 Å². The van der Waals surface area contributed by atoms with Crippen LogP contribution in [-0.4, -0.2) is 132 Å². The van der Waals surface area contributed by atoms with Crippen LogP contribution in [0.25, 0.3) is 11.0 Å². The third-order valence-electron chi connectivity index (χ3n) is 11.8. The first kappa shape index (κ1) is 35.1. The van der Waals surface area contributed by atoms with E-state index in [1.807, 2.05) is 30.1 Å². The predicted octanol–water partition coefficient (Wildman–Crippen LogP) is 2.95. The molecule has 3 atom stereocenters. The van der Waals surface area contributed by atoms with E-state index < -0.39 is 5.91 Å². The van der Waals surface area contributed by atoms with Gasteiger partial charge in [-0.15, -0.1) is 0 Å². The SMILES string of the molecule is CCOC(=O)Cc1noc2c3c(ccc12)CC(N1CCN2c4ccc(Nc5nc(N6CCC[C@@H](N7CCN(C)C7=O)C6)cnc5C(N)=O)cc4OC[C@H]2C1)C3. The Hall–Kier alpha value is -5.64. The number of aromatic nitrogens is 3. The number of hydrogen-bond acceptors (Lipinski definition) is 13. The summed E-state index contributed by atoms with van der Waals surface area (Å²) in [5.41, 5.74) is 11.4. The third kappa shape index (κ3) is 6.51. The molecule has 0 spiro atoms. The van der Waals surface area contributed by atoms with Crippen molar-refractivity contribution >= 4 is 51.9 Å². The number of hydrogen-bond donors (Lipinski definition) is 2. The summed E-state index contributed by atoms with van der Waals surface area (Å²) in [5.74, 6) is 0.692. The number of likely N-dealkylation sites (N-methyl/N-ethyl adjacent to an activating group) is 1. The molecule has 55 heavy (non-hydrogen) atoms. The number of anilines is 4. The minimum absolute atomic E-state index is 0.0544. The van der Waals surface area contributed by atoms with Crippen LogP contribution in [-0.2, 0) is 28.8 Å². The van der Waals surface area contributed by atoms with Gasteiger partial charge in [0.1, 0.15) is 23.9 Å². The van der Waals surface area contributed by atoms with Crippen LogP contribution in [0.2, 0.25) is 0 Å². The van der Waals surface area contributed by atoms with Crippen LogP contribution in [0.3, 0.4) is 0 Å². The molecule has 4 aliphatic heterocycles. The predicted molar refractivity (Wildman–Crippen MR) is 204 cm³/mol. The van der Waals surface area contributed by atoms with Gasteiger partial charge >= 0.3 is 12.0 Å². The maximum Gasteiger partial charge on any atom is 0.320 e. The number of piperidine rings is 1. The van der Waals surface area contributed by atoms with Crippen LogP contribution in [0.15, 0.2) is 41.1 Å². The Kier molecular flexibility index (Phi) is 9.07. The summed E-state index contributed by atoms with van der Waals surface area (Å²) in [5, 5.41) is 8.42.